The first-order valence-electron chi connectivity index (χ1n) is 7.74. The Kier molecular flexibility index (Phi) is 4.42. The third kappa shape index (κ3) is 3.59. The number of benzene rings is 2. The van der Waals surface area contributed by atoms with Crippen LogP contribution in [0.5, 0.6) is 5.75 Å². The topological polar surface area (TPSA) is 48.2 Å². The summed E-state index contributed by atoms with van der Waals surface area (Å²) in [5, 5.41) is 8.15. The Bertz CT molecular complexity index is 776. The van der Waals surface area contributed by atoms with Crippen LogP contribution in [0.25, 0.3) is 11.5 Å². The summed E-state index contributed by atoms with van der Waals surface area (Å²) in [5.74, 6) is 2.30. The molecule has 0 N–H and O–H groups in total. The lowest BCUT2D eigenvalue weighted by Crippen LogP contribution is -1.96. The Labute approximate surface area is 136 Å². The van der Waals surface area contributed by atoms with Crippen molar-refractivity contribution in [2.45, 2.75) is 33.3 Å². The molecule has 0 spiro atoms. The van der Waals surface area contributed by atoms with E-state index in [1.807, 2.05) is 43.3 Å². The third-order valence-electron chi connectivity index (χ3n) is 3.75. The molecule has 0 radical (unpaired) electrons. The quantitative estimate of drug-likeness (QED) is 0.682. The summed E-state index contributed by atoms with van der Waals surface area (Å²) in [6.45, 7) is 6.62. The summed E-state index contributed by atoms with van der Waals surface area (Å²) in [5.41, 5.74) is 3.34. The fourth-order valence-electron chi connectivity index (χ4n) is 2.33. The van der Waals surface area contributed by atoms with Gasteiger partial charge in [-0.3, -0.25) is 0 Å². The minimum Gasteiger partial charge on any atom is -0.484 e. The van der Waals surface area contributed by atoms with E-state index in [4.69, 9.17) is 9.15 Å². The molecule has 0 aliphatic rings. The van der Waals surface area contributed by atoms with Crippen LogP contribution in [0.15, 0.2) is 52.9 Å². The number of aryl methyl sites for hydroxylation is 1. The molecular weight excluding hydrogens is 288 g/mol. The van der Waals surface area contributed by atoms with Crippen molar-refractivity contribution >= 4 is 0 Å². The second-order valence-corrected chi connectivity index (χ2v) is 5.83. The average molecular weight is 308 g/mol. The van der Waals surface area contributed by atoms with Crippen LogP contribution in [-0.2, 0) is 6.61 Å². The Morgan fingerprint density at radius 3 is 2.43 bits per heavy atom. The maximum Gasteiger partial charge on any atom is 0.254 e. The van der Waals surface area contributed by atoms with Crippen molar-refractivity contribution in [2.75, 3.05) is 0 Å². The smallest absolute Gasteiger partial charge is 0.254 e. The van der Waals surface area contributed by atoms with E-state index < -0.39 is 0 Å². The summed E-state index contributed by atoms with van der Waals surface area (Å²) >= 11 is 0. The first-order chi connectivity index (χ1) is 11.1. The highest BCUT2D eigenvalue weighted by molar-refractivity contribution is 5.57. The lowest BCUT2D eigenvalue weighted by Gasteiger charge is -2.07. The number of hydrogen-bond donors (Lipinski definition) is 0. The molecule has 0 bridgehead atoms. The second kappa shape index (κ2) is 6.65. The van der Waals surface area contributed by atoms with E-state index in [1.165, 1.54) is 5.56 Å². The van der Waals surface area contributed by atoms with Crippen molar-refractivity contribution in [1.82, 2.24) is 10.2 Å². The summed E-state index contributed by atoms with van der Waals surface area (Å²) in [4.78, 5) is 0. The molecule has 1 heterocycles. The molecule has 4 heteroatoms. The van der Waals surface area contributed by atoms with Crippen LogP contribution in [0.4, 0.5) is 0 Å². The molecule has 3 aromatic rings. The minimum absolute atomic E-state index is 0.264. The second-order valence-electron chi connectivity index (χ2n) is 5.83. The number of nitrogens with zero attached hydrogens (tertiary/aromatic N) is 2. The predicted molar refractivity (Wildman–Crippen MR) is 89.3 cm³/mol. The van der Waals surface area contributed by atoms with Crippen LogP contribution < -0.4 is 4.74 Å². The van der Waals surface area contributed by atoms with Crippen LogP contribution in [0.1, 0.15) is 36.8 Å². The molecular formula is C19H20N2O2. The van der Waals surface area contributed by atoms with Gasteiger partial charge in [-0.05, 0) is 42.2 Å². The van der Waals surface area contributed by atoms with E-state index in [0.29, 0.717) is 17.7 Å². The van der Waals surface area contributed by atoms with Gasteiger partial charge in [-0.1, -0.05) is 44.2 Å². The molecule has 0 fully saturated rings. The lowest BCUT2D eigenvalue weighted by atomic mass is 10.0. The molecule has 0 amide bonds. The Hall–Kier alpha value is -2.62. The molecule has 23 heavy (non-hydrogen) atoms. The van der Waals surface area contributed by atoms with Crippen molar-refractivity contribution in [2.24, 2.45) is 0 Å². The Morgan fingerprint density at radius 1 is 1.00 bits per heavy atom. The van der Waals surface area contributed by atoms with Gasteiger partial charge in [0.05, 0.1) is 0 Å². The number of aromatic nitrogens is 2. The van der Waals surface area contributed by atoms with Gasteiger partial charge in [-0.15, -0.1) is 10.2 Å². The maximum absolute atomic E-state index is 5.71. The van der Waals surface area contributed by atoms with Crippen LogP contribution in [0.2, 0.25) is 0 Å². The fraction of sp³-hybridized carbons (Fsp3) is 0.263. The minimum atomic E-state index is 0.264. The highest BCUT2D eigenvalue weighted by Gasteiger charge is 2.11. The van der Waals surface area contributed by atoms with Gasteiger partial charge in [0, 0.05) is 5.56 Å². The molecule has 118 valence electrons. The molecule has 4 nitrogen and oxygen atoms in total. The molecule has 0 aliphatic carbocycles. The van der Waals surface area contributed by atoms with E-state index in [2.05, 4.69) is 36.2 Å². The Morgan fingerprint density at radius 2 is 1.74 bits per heavy atom. The van der Waals surface area contributed by atoms with E-state index in [-0.39, 0.29) is 6.61 Å². The van der Waals surface area contributed by atoms with Crippen molar-refractivity contribution in [1.29, 1.82) is 0 Å². The molecule has 2 aromatic carbocycles. The van der Waals surface area contributed by atoms with Gasteiger partial charge in [0.2, 0.25) is 5.89 Å². The molecule has 0 saturated heterocycles. The van der Waals surface area contributed by atoms with Crippen molar-refractivity contribution in [3.63, 3.8) is 0 Å². The van der Waals surface area contributed by atoms with Crippen LogP contribution >= 0.6 is 0 Å². The average Bonchev–Trinajstić information content (AvgIpc) is 3.02. The zero-order valence-corrected chi connectivity index (χ0v) is 13.6. The molecule has 0 atom stereocenters. The monoisotopic (exact) mass is 308 g/mol. The summed E-state index contributed by atoms with van der Waals surface area (Å²) in [7, 11) is 0. The number of ether oxygens (including phenoxy) is 1. The predicted octanol–water partition coefficient (Wildman–Crippen LogP) is 4.75. The van der Waals surface area contributed by atoms with E-state index in [1.54, 1.807) is 0 Å². The molecule has 0 aliphatic heterocycles. The van der Waals surface area contributed by atoms with Gasteiger partial charge < -0.3 is 9.15 Å². The van der Waals surface area contributed by atoms with Crippen molar-refractivity contribution in [3.05, 3.63) is 65.5 Å². The van der Waals surface area contributed by atoms with Crippen LogP contribution in [0.3, 0.4) is 0 Å². The van der Waals surface area contributed by atoms with E-state index >= 15 is 0 Å². The van der Waals surface area contributed by atoms with Gasteiger partial charge in [-0.2, -0.15) is 0 Å². The zero-order valence-electron chi connectivity index (χ0n) is 13.6. The molecule has 0 saturated carbocycles. The van der Waals surface area contributed by atoms with Crippen molar-refractivity contribution < 1.29 is 9.15 Å². The number of hydrogen-bond acceptors (Lipinski definition) is 4. The largest absolute Gasteiger partial charge is 0.484 e. The standard InChI is InChI=1S/C19H20N2O2/c1-13(2)15-8-10-16(11-9-15)22-12-18-20-21-19(23-18)17-7-5-4-6-14(17)3/h4-11,13H,12H2,1-3H3. The van der Waals surface area contributed by atoms with Crippen LogP contribution in [-0.4, -0.2) is 10.2 Å². The van der Waals surface area contributed by atoms with Gasteiger partial charge in [0.1, 0.15) is 5.75 Å². The summed E-state index contributed by atoms with van der Waals surface area (Å²) in [6, 6.07) is 16.0. The summed E-state index contributed by atoms with van der Waals surface area (Å²) in [6.07, 6.45) is 0. The van der Waals surface area contributed by atoms with Gasteiger partial charge in [0.25, 0.3) is 5.89 Å². The van der Waals surface area contributed by atoms with Gasteiger partial charge >= 0.3 is 0 Å². The highest BCUT2D eigenvalue weighted by Crippen LogP contribution is 2.23. The van der Waals surface area contributed by atoms with Gasteiger partial charge in [0.15, 0.2) is 6.61 Å². The Balaban J connectivity index is 1.67. The van der Waals surface area contributed by atoms with Crippen LogP contribution in [0, 0.1) is 6.92 Å². The lowest BCUT2D eigenvalue weighted by molar-refractivity contribution is 0.264. The highest BCUT2D eigenvalue weighted by atomic mass is 16.5. The summed E-state index contributed by atoms with van der Waals surface area (Å²) < 4.78 is 11.4. The third-order valence-corrected chi connectivity index (χ3v) is 3.75. The van der Waals surface area contributed by atoms with E-state index in [0.717, 1.165) is 16.9 Å². The zero-order chi connectivity index (χ0) is 16.2. The van der Waals surface area contributed by atoms with Crippen molar-refractivity contribution in [3.8, 4) is 17.2 Å². The molecule has 3 rings (SSSR count). The fourth-order valence-corrected chi connectivity index (χ4v) is 2.33. The van der Waals surface area contributed by atoms with Gasteiger partial charge in [-0.25, -0.2) is 0 Å². The number of rotatable bonds is 5. The molecule has 1 aromatic heterocycles. The maximum atomic E-state index is 5.71. The SMILES string of the molecule is Cc1ccccc1-c1nnc(COc2ccc(C(C)C)cc2)o1. The normalized spacial score (nSPS) is 11.0. The first-order valence-corrected chi connectivity index (χ1v) is 7.74. The first kappa shape index (κ1) is 15.3. The van der Waals surface area contributed by atoms with E-state index in [9.17, 15) is 0 Å². The molecule has 0 unspecified atom stereocenters.